The summed E-state index contributed by atoms with van der Waals surface area (Å²) in [6.45, 7) is 0.153. The van der Waals surface area contributed by atoms with E-state index in [1.165, 1.54) is 26.0 Å². The summed E-state index contributed by atoms with van der Waals surface area (Å²) in [6, 6.07) is 17.3. The number of carbonyl (C=O) groups is 2. The second kappa shape index (κ2) is 11.9. The fraction of sp³-hybridized carbons (Fsp3) is 0.148. The minimum atomic E-state index is -0.758. The second-order valence-corrected chi connectivity index (χ2v) is 9.51. The summed E-state index contributed by atoms with van der Waals surface area (Å²) in [7, 11) is 3.93. The molecule has 0 saturated carbocycles. The topological polar surface area (TPSA) is 88.9 Å². The summed E-state index contributed by atoms with van der Waals surface area (Å²) in [5.41, 5.74) is 1.78. The van der Waals surface area contributed by atoms with Gasteiger partial charge in [0.05, 0.1) is 27.0 Å². The molecule has 0 N–H and O–H groups in total. The predicted molar refractivity (Wildman–Crippen MR) is 147 cm³/mol. The number of halogens is 3. The summed E-state index contributed by atoms with van der Waals surface area (Å²) in [5, 5.41) is 5.62. The molecule has 4 rings (SSSR count). The number of esters is 2. The van der Waals surface area contributed by atoms with Crippen molar-refractivity contribution in [2.75, 3.05) is 21.3 Å². The van der Waals surface area contributed by atoms with Crippen molar-refractivity contribution in [1.29, 1.82) is 0 Å². The largest absolute Gasteiger partial charge is 0.493 e. The number of nitrogens with zero attached hydrogens (tertiary/aromatic N) is 2. The van der Waals surface area contributed by atoms with Crippen LogP contribution in [0.2, 0.25) is 10.0 Å². The molecule has 0 aliphatic carbocycles. The first-order valence-electron chi connectivity index (χ1n) is 11.1. The highest BCUT2D eigenvalue weighted by Crippen LogP contribution is 2.41. The van der Waals surface area contributed by atoms with Gasteiger partial charge in [0.2, 0.25) is 0 Å². The maximum atomic E-state index is 13.0. The van der Waals surface area contributed by atoms with Crippen molar-refractivity contribution in [2.45, 2.75) is 6.61 Å². The van der Waals surface area contributed by atoms with Gasteiger partial charge in [-0.3, -0.25) is 0 Å². The van der Waals surface area contributed by atoms with E-state index < -0.39 is 11.9 Å². The van der Waals surface area contributed by atoms with Gasteiger partial charge in [0.15, 0.2) is 17.2 Å². The van der Waals surface area contributed by atoms with Gasteiger partial charge >= 0.3 is 11.9 Å². The number of para-hydroxylation sites is 1. The Kier molecular flexibility index (Phi) is 8.61. The molecule has 196 valence electrons. The smallest absolute Gasteiger partial charge is 0.357 e. The maximum absolute atomic E-state index is 13.0. The lowest BCUT2D eigenvalue weighted by Crippen LogP contribution is -2.15. The van der Waals surface area contributed by atoms with Crippen molar-refractivity contribution in [3.05, 3.63) is 92.0 Å². The van der Waals surface area contributed by atoms with Crippen LogP contribution < -0.4 is 9.47 Å². The van der Waals surface area contributed by atoms with Gasteiger partial charge in [0.25, 0.3) is 0 Å². The van der Waals surface area contributed by atoms with E-state index >= 15 is 0 Å². The summed E-state index contributed by atoms with van der Waals surface area (Å²) >= 11 is 15.8. The minimum Gasteiger partial charge on any atom is -0.493 e. The van der Waals surface area contributed by atoms with Crippen LogP contribution in [0.1, 0.15) is 26.4 Å². The fourth-order valence-corrected chi connectivity index (χ4v) is 4.70. The number of carbonyl (C=O) groups excluding carboxylic acids is 2. The standard InChI is InChI=1S/C27H21BrCl2N2O6/c1-35-21-12-18(19(28)13-22(21)38-14-15-9-10-16(29)11-20(15)30)24-23(26(33)36-2)25(27(34)37-3)32(31-24)17-7-5-4-6-8-17/h4-13H,14H2,1-3H3. The number of rotatable bonds is 8. The van der Waals surface area contributed by atoms with E-state index in [2.05, 4.69) is 21.0 Å². The molecule has 0 fully saturated rings. The van der Waals surface area contributed by atoms with Gasteiger partial charge in [0.1, 0.15) is 17.9 Å². The van der Waals surface area contributed by atoms with Gasteiger partial charge < -0.3 is 18.9 Å². The first-order valence-corrected chi connectivity index (χ1v) is 12.6. The van der Waals surface area contributed by atoms with Gasteiger partial charge in [-0.25, -0.2) is 14.3 Å². The Morgan fingerprint density at radius 2 is 1.63 bits per heavy atom. The Morgan fingerprint density at radius 3 is 2.26 bits per heavy atom. The molecule has 0 unspecified atom stereocenters. The molecule has 4 aromatic rings. The summed E-state index contributed by atoms with van der Waals surface area (Å²) in [5.74, 6) is -0.746. The molecule has 0 radical (unpaired) electrons. The maximum Gasteiger partial charge on any atom is 0.357 e. The molecule has 1 aromatic heterocycles. The highest BCUT2D eigenvalue weighted by atomic mass is 79.9. The lowest BCUT2D eigenvalue weighted by atomic mass is 10.0. The molecule has 0 bridgehead atoms. The van der Waals surface area contributed by atoms with E-state index in [-0.39, 0.29) is 23.6 Å². The van der Waals surface area contributed by atoms with Gasteiger partial charge in [-0.05, 0) is 52.3 Å². The van der Waals surface area contributed by atoms with Crippen LogP contribution in [0, 0.1) is 0 Å². The molecule has 0 spiro atoms. The Balaban J connectivity index is 1.85. The third kappa shape index (κ3) is 5.50. The molecule has 1 heterocycles. The minimum absolute atomic E-state index is 0.0624. The second-order valence-electron chi connectivity index (χ2n) is 7.81. The quantitative estimate of drug-likeness (QED) is 0.201. The van der Waals surface area contributed by atoms with Gasteiger partial charge in [-0.2, -0.15) is 5.10 Å². The lowest BCUT2D eigenvalue weighted by molar-refractivity contribution is 0.0549. The highest BCUT2D eigenvalue weighted by molar-refractivity contribution is 9.10. The first kappa shape index (κ1) is 27.5. The van der Waals surface area contributed by atoms with Crippen molar-refractivity contribution in [1.82, 2.24) is 9.78 Å². The van der Waals surface area contributed by atoms with E-state index in [1.807, 2.05) is 6.07 Å². The number of hydrogen-bond donors (Lipinski definition) is 0. The lowest BCUT2D eigenvalue weighted by Gasteiger charge is -2.14. The molecule has 11 heteroatoms. The number of aromatic nitrogens is 2. The monoisotopic (exact) mass is 618 g/mol. The number of benzene rings is 3. The Morgan fingerprint density at radius 1 is 0.921 bits per heavy atom. The summed E-state index contributed by atoms with van der Waals surface area (Å²) < 4.78 is 23.4. The van der Waals surface area contributed by atoms with Crippen LogP contribution in [0.25, 0.3) is 16.9 Å². The first-order chi connectivity index (χ1) is 18.3. The normalized spacial score (nSPS) is 10.7. The van der Waals surface area contributed by atoms with Crippen LogP contribution in [0.3, 0.4) is 0 Å². The van der Waals surface area contributed by atoms with E-state index in [0.29, 0.717) is 37.3 Å². The summed E-state index contributed by atoms with van der Waals surface area (Å²) in [4.78, 5) is 25.8. The van der Waals surface area contributed by atoms with Crippen LogP contribution in [0.15, 0.2) is 65.1 Å². The van der Waals surface area contributed by atoms with Crippen molar-refractivity contribution in [3.8, 4) is 28.4 Å². The zero-order valence-electron chi connectivity index (χ0n) is 20.5. The summed E-state index contributed by atoms with van der Waals surface area (Å²) in [6.07, 6.45) is 0. The van der Waals surface area contributed by atoms with Crippen LogP contribution in [-0.2, 0) is 16.1 Å². The third-order valence-corrected chi connectivity index (χ3v) is 6.80. The Labute approximate surface area is 237 Å². The molecule has 8 nitrogen and oxygen atoms in total. The van der Waals surface area contributed by atoms with Crippen molar-refractivity contribution in [2.24, 2.45) is 0 Å². The molecule has 0 aliphatic rings. The fourth-order valence-electron chi connectivity index (χ4n) is 3.73. The zero-order valence-corrected chi connectivity index (χ0v) is 23.6. The number of hydrogen-bond acceptors (Lipinski definition) is 7. The van der Waals surface area contributed by atoms with Gasteiger partial charge in [0, 0.05) is 25.6 Å². The van der Waals surface area contributed by atoms with Gasteiger partial charge in [-0.1, -0.05) is 47.5 Å². The van der Waals surface area contributed by atoms with E-state index in [1.54, 1.807) is 54.6 Å². The average Bonchev–Trinajstić information content (AvgIpc) is 3.32. The number of methoxy groups -OCH3 is 3. The predicted octanol–water partition coefficient (Wildman–Crippen LogP) is 6.77. The molecular weight excluding hydrogens is 599 g/mol. The molecule has 0 amide bonds. The third-order valence-electron chi connectivity index (χ3n) is 5.56. The average molecular weight is 620 g/mol. The molecular formula is C27H21BrCl2N2O6. The van der Waals surface area contributed by atoms with Crippen molar-refractivity contribution >= 4 is 51.1 Å². The molecule has 0 saturated heterocycles. The van der Waals surface area contributed by atoms with Crippen LogP contribution in [0.5, 0.6) is 11.5 Å². The highest BCUT2D eigenvalue weighted by Gasteiger charge is 2.32. The zero-order chi connectivity index (χ0) is 27.4. The van der Waals surface area contributed by atoms with E-state index in [9.17, 15) is 9.59 Å². The Bertz CT molecular complexity index is 1510. The van der Waals surface area contributed by atoms with Gasteiger partial charge in [-0.15, -0.1) is 0 Å². The van der Waals surface area contributed by atoms with Crippen LogP contribution in [-0.4, -0.2) is 43.0 Å². The van der Waals surface area contributed by atoms with E-state index in [4.69, 9.17) is 42.1 Å². The molecule has 0 aliphatic heterocycles. The number of ether oxygens (including phenoxy) is 4. The van der Waals surface area contributed by atoms with E-state index in [0.717, 1.165) is 5.56 Å². The van der Waals surface area contributed by atoms with Crippen LogP contribution in [0.4, 0.5) is 0 Å². The SMILES string of the molecule is COC(=O)c1c(-c2cc(OC)c(OCc3ccc(Cl)cc3Cl)cc2Br)nn(-c2ccccc2)c1C(=O)OC. The van der Waals surface area contributed by atoms with Crippen molar-refractivity contribution in [3.63, 3.8) is 0 Å². The van der Waals surface area contributed by atoms with Crippen molar-refractivity contribution < 1.29 is 28.5 Å². The molecule has 0 atom stereocenters. The molecule has 38 heavy (non-hydrogen) atoms. The Hall–Kier alpha value is -3.53. The molecule has 3 aromatic carbocycles. The van der Waals surface area contributed by atoms with Crippen LogP contribution >= 0.6 is 39.1 Å².